The van der Waals surface area contributed by atoms with Crippen molar-refractivity contribution in [1.29, 1.82) is 0 Å². The molecule has 2 atom stereocenters. The van der Waals surface area contributed by atoms with Crippen LogP contribution in [0.3, 0.4) is 0 Å². The van der Waals surface area contributed by atoms with E-state index >= 15 is 0 Å². The van der Waals surface area contributed by atoms with Gasteiger partial charge in [-0.3, -0.25) is 9.35 Å². The van der Waals surface area contributed by atoms with Gasteiger partial charge in [-0.25, -0.2) is 4.79 Å². The number of amides is 3. The van der Waals surface area contributed by atoms with E-state index in [1.807, 2.05) is 0 Å². The predicted octanol–water partition coefficient (Wildman–Crippen LogP) is -1.62. The fourth-order valence-corrected chi connectivity index (χ4v) is 2.76. The molecular formula is C9H14N3NaO6S. The summed E-state index contributed by atoms with van der Waals surface area (Å²) in [6.45, 7) is 3.35. The van der Waals surface area contributed by atoms with Crippen LogP contribution >= 0.6 is 0 Å². The van der Waals surface area contributed by atoms with Gasteiger partial charge in [0.15, 0.2) is 0 Å². The van der Waals surface area contributed by atoms with Crippen molar-refractivity contribution in [3.05, 3.63) is 11.1 Å². The molecule has 3 N–H and O–H groups in total. The Morgan fingerprint density at radius 2 is 1.95 bits per heavy atom. The molecule has 2 unspecified atom stereocenters. The van der Waals surface area contributed by atoms with Gasteiger partial charge in [-0.2, -0.15) is 13.5 Å². The molecule has 2 aliphatic heterocycles. The van der Waals surface area contributed by atoms with Gasteiger partial charge in [0.1, 0.15) is 12.1 Å². The van der Waals surface area contributed by atoms with Crippen LogP contribution in [-0.2, 0) is 19.5 Å². The van der Waals surface area contributed by atoms with E-state index in [4.69, 9.17) is 10.3 Å². The first-order valence-corrected chi connectivity index (χ1v) is 6.73. The first-order valence-electron chi connectivity index (χ1n) is 5.37. The average Bonchev–Trinajstić information content (AvgIpc) is 2.51. The van der Waals surface area contributed by atoms with Crippen molar-refractivity contribution in [3.63, 3.8) is 0 Å². The molecule has 11 heteroatoms. The van der Waals surface area contributed by atoms with Crippen molar-refractivity contribution in [2.24, 2.45) is 5.73 Å². The number of nitrogens with zero attached hydrogens (tertiary/aromatic N) is 2. The van der Waals surface area contributed by atoms with Crippen molar-refractivity contribution in [2.45, 2.75) is 25.9 Å². The molecule has 0 radical (unpaired) electrons. The third kappa shape index (κ3) is 2.85. The molecule has 0 spiro atoms. The fraction of sp³-hybridized carbons (Fsp3) is 0.556. The molecule has 3 amide bonds. The molecule has 0 aromatic rings. The van der Waals surface area contributed by atoms with E-state index in [0.29, 0.717) is 16.2 Å². The second kappa shape index (κ2) is 5.62. The Morgan fingerprint density at radius 1 is 1.40 bits per heavy atom. The molecule has 20 heavy (non-hydrogen) atoms. The Hall–Kier alpha value is -0.650. The fourth-order valence-electron chi connectivity index (χ4n) is 2.39. The van der Waals surface area contributed by atoms with Crippen molar-refractivity contribution in [3.8, 4) is 0 Å². The summed E-state index contributed by atoms with van der Waals surface area (Å²) in [4.78, 5) is 24.5. The average molecular weight is 315 g/mol. The van der Waals surface area contributed by atoms with Crippen LogP contribution in [-0.4, -0.2) is 83.1 Å². The second-order valence-corrected chi connectivity index (χ2v) is 5.45. The van der Waals surface area contributed by atoms with Gasteiger partial charge >= 0.3 is 46.0 Å². The Morgan fingerprint density at radius 3 is 2.40 bits per heavy atom. The van der Waals surface area contributed by atoms with E-state index in [9.17, 15) is 18.0 Å². The summed E-state index contributed by atoms with van der Waals surface area (Å²) in [5.41, 5.74) is 6.42. The third-order valence-corrected chi connectivity index (χ3v) is 3.72. The van der Waals surface area contributed by atoms with Crippen LogP contribution in [0.4, 0.5) is 4.79 Å². The Balaban J connectivity index is 0.00000200. The molecule has 0 aromatic carbocycles. The summed E-state index contributed by atoms with van der Waals surface area (Å²) in [7, 11) is -4.82. The van der Waals surface area contributed by atoms with Crippen LogP contribution in [0.2, 0.25) is 0 Å². The van der Waals surface area contributed by atoms with E-state index in [1.54, 1.807) is 13.8 Å². The molecule has 9 nitrogen and oxygen atoms in total. The summed E-state index contributed by atoms with van der Waals surface area (Å²) in [6.07, 6.45) is 0. The number of hydrogen-bond acceptors (Lipinski definition) is 5. The van der Waals surface area contributed by atoms with E-state index in [0.717, 1.165) is 4.90 Å². The summed E-state index contributed by atoms with van der Waals surface area (Å²) in [5, 5.41) is 0.539. The Labute approximate surface area is 137 Å². The standard InChI is InChI=1S/C9H13N3O6S.Na.H/c1-4-5(2)7(8(10)13)11-3-6(4)12(9(11)14)18-19(15,16)17;;/h6-7H,3H2,1-2H3,(H2,10,13)(H,15,16,17);;. The number of nitrogens with two attached hydrogens (primary N) is 1. The number of urea groups is 1. The minimum absolute atomic E-state index is 0. The third-order valence-electron chi connectivity index (χ3n) is 3.37. The topological polar surface area (TPSA) is 130 Å². The summed E-state index contributed by atoms with van der Waals surface area (Å²) >= 11 is 0. The van der Waals surface area contributed by atoms with E-state index < -0.39 is 34.4 Å². The van der Waals surface area contributed by atoms with Crippen molar-refractivity contribution in [2.75, 3.05) is 6.54 Å². The number of hydroxylamine groups is 2. The molecule has 2 aliphatic rings. The zero-order valence-electron chi connectivity index (χ0n) is 10.2. The van der Waals surface area contributed by atoms with Crippen molar-refractivity contribution < 1.29 is 26.8 Å². The number of rotatable bonds is 3. The Bertz CT molecular complexity index is 588. The minimum atomic E-state index is -4.82. The quantitative estimate of drug-likeness (QED) is 0.366. The first kappa shape index (κ1) is 17.4. The monoisotopic (exact) mass is 315 g/mol. The summed E-state index contributed by atoms with van der Waals surface area (Å²) < 4.78 is 34.4. The van der Waals surface area contributed by atoms with Crippen LogP contribution in [0.1, 0.15) is 13.8 Å². The number of hydrogen-bond donors (Lipinski definition) is 2. The van der Waals surface area contributed by atoms with Crippen molar-refractivity contribution >= 4 is 51.9 Å². The molecular weight excluding hydrogens is 301 g/mol. The van der Waals surface area contributed by atoms with Gasteiger partial charge in [-0.1, -0.05) is 0 Å². The number of carbonyl (C=O) groups is 2. The first-order chi connectivity index (χ1) is 8.63. The van der Waals surface area contributed by atoms with Crippen LogP contribution < -0.4 is 5.73 Å². The predicted molar refractivity (Wildman–Crippen MR) is 68.9 cm³/mol. The van der Waals surface area contributed by atoms with Gasteiger partial charge in [0.2, 0.25) is 5.91 Å². The van der Waals surface area contributed by atoms with E-state index in [2.05, 4.69) is 4.28 Å². The molecule has 108 valence electrons. The summed E-state index contributed by atoms with van der Waals surface area (Å²) in [5.74, 6) is -0.711. The van der Waals surface area contributed by atoms with Gasteiger partial charge in [-0.05, 0) is 25.0 Å². The molecule has 1 saturated heterocycles. The molecule has 0 aliphatic carbocycles. The van der Waals surface area contributed by atoms with Gasteiger partial charge in [0.05, 0.1) is 6.54 Å². The normalized spacial score (nSPS) is 25.9. The van der Waals surface area contributed by atoms with Gasteiger partial charge < -0.3 is 10.6 Å². The second-order valence-electron chi connectivity index (χ2n) is 4.45. The van der Waals surface area contributed by atoms with Crippen LogP contribution in [0.15, 0.2) is 11.1 Å². The number of fused-ring (bicyclic) bond motifs is 2. The molecule has 1 fully saturated rings. The number of carbonyl (C=O) groups excluding carboxylic acids is 2. The maximum atomic E-state index is 12.0. The van der Waals surface area contributed by atoms with Gasteiger partial charge in [0, 0.05) is 0 Å². The van der Waals surface area contributed by atoms with Crippen molar-refractivity contribution in [1.82, 2.24) is 9.96 Å². The molecule has 2 heterocycles. The molecule has 2 bridgehead atoms. The Kier molecular flexibility index (Phi) is 4.89. The van der Waals surface area contributed by atoms with Crippen LogP contribution in [0.25, 0.3) is 0 Å². The van der Waals surface area contributed by atoms with Crippen LogP contribution in [0, 0.1) is 0 Å². The molecule has 0 aromatic heterocycles. The summed E-state index contributed by atoms with van der Waals surface area (Å²) in [6, 6.07) is -2.44. The molecule has 2 rings (SSSR count). The maximum absolute atomic E-state index is 12.0. The molecule has 0 saturated carbocycles. The zero-order chi connectivity index (χ0) is 14.5. The van der Waals surface area contributed by atoms with E-state index in [1.165, 1.54) is 0 Å². The number of primary amides is 1. The zero-order valence-corrected chi connectivity index (χ0v) is 11.0. The SMILES string of the molecule is CC1=C(C)C2CN(C(=O)N2OS(=O)(=O)O)C1C(N)=O.[NaH]. The van der Waals surface area contributed by atoms with Gasteiger partial charge in [-0.15, -0.1) is 4.28 Å². The van der Waals surface area contributed by atoms with Crippen LogP contribution in [0.5, 0.6) is 0 Å². The van der Waals surface area contributed by atoms with Gasteiger partial charge in [0.25, 0.3) is 0 Å². The van der Waals surface area contributed by atoms with E-state index in [-0.39, 0.29) is 36.1 Å².